The lowest BCUT2D eigenvalue weighted by molar-refractivity contribution is -0.188. The number of fused-ring (bicyclic) bond motifs is 1. The average Bonchev–Trinajstić information content (AvgIpc) is 2.63. The molecule has 0 aromatic heterocycles. The number of aryl methyl sites for hydroxylation is 1. The fourth-order valence-electron chi connectivity index (χ4n) is 4.39. The largest absolute Gasteiger partial charge is 0.434 e. The molecule has 1 heterocycles. The molecule has 1 saturated heterocycles. The first kappa shape index (κ1) is 23.1. The molecule has 0 spiro atoms. The number of ether oxygens (including phenoxy) is 2. The molecular weight excluding hydrogens is 479 g/mol. The van der Waals surface area contributed by atoms with Crippen LogP contribution in [0.25, 0.3) is 0 Å². The molecule has 158 valence electrons. The summed E-state index contributed by atoms with van der Waals surface area (Å²) >= 11 is 0. The van der Waals surface area contributed by atoms with E-state index >= 15 is 0 Å². The Morgan fingerprint density at radius 3 is 2.82 bits per heavy atom. The van der Waals surface area contributed by atoms with E-state index in [1.165, 1.54) is 0 Å². The van der Waals surface area contributed by atoms with Crippen molar-refractivity contribution in [3.05, 3.63) is 29.3 Å². The van der Waals surface area contributed by atoms with Gasteiger partial charge in [-0.25, -0.2) is 0 Å². The van der Waals surface area contributed by atoms with Gasteiger partial charge in [0.1, 0.15) is 5.75 Å². The summed E-state index contributed by atoms with van der Waals surface area (Å²) in [6.07, 6.45) is 2.51. The molecule has 5 nitrogen and oxygen atoms in total. The van der Waals surface area contributed by atoms with Crippen LogP contribution in [0.1, 0.15) is 37.8 Å². The van der Waals surface area contributed by atoms with Crippen LogP contribution in [0.5, 0.6) is 5.75 Å². The number of nitrogens with zero attached hydrogens (tertiary/aromatic N) is 1. The minimum absolute atomic E-state index is 0. The third-order valence-corrected chi connectivity index (χ3v) is 5.73. The van der Waals surface area contributed by atoms with E-state index in [-0.39, 0.29) is 47.3 Å². The van der Waals surface area contributed by atoms with Gasteiger partial charge in [-0.1, -0.05) is 31.5 Å². The van der Waals surface area contributed by atoms with E-state index in [1.54, 1.807) is 19.2 Å². The van der Waals surface area contributed by atoms with Crippen LogP contribution >= 0.6 is 24.0 Å². The van der Waals surface area contributed by atoms with E-state index in [2.05, 4.69) is 34.2 Å². The Kier molecular flexibility index (Phi) is 7.89. The minimum Gasteiger partial charge on any atom is -0.434 e. The van der Waals surface area contributed by atoms with E-state index in [0.717, 1.165) is 25.0 Å². The highest BCUT2D eigenvalue weighted by atomic mass is 127. The number of alkyl halides is 2. The van der Waals surface area contributed by atoms with E-state index < -0.39 is 6.61 Å². The van der Waals surface area contributed by atoms with Crippen LogP contribution in [0.2, 0.25) is 0 Å². The van der Waals surface area contributed by atoms with Crippen molar-refractivity contribution < 1.29 is 18.3 Å². The number of rotatable bonds is 5. The molecule has 2 fully saturated rings. The summed E-state index contributed by atoms with van der Waals surface area (Å²) in [7, 11) is 1.71. The Labute approximate surface area is 182 Å². The van der Waals surface area contributed by atoms with Gasteiger partial charge in [-0.15, -0.1) is 24.0 Å². The van der Waals surface area contributed by atoms with Crippen molar-refractivity contribution in [2.75, 3.05) is 13.7 Å². The van der Waals surface area contributed by atoms with Crippen molar-refractivity contribution in [1.29, 1.82) is 0 Å². The van der Waals surface area contributed by atoms with Crippen LogP contribution in [-0.2, 0) is 11.3 Å². The fourth-order valence-corrected chi connectivity index (χ4v) is 4.39. The summed E-state index contributed by atoms with van der Waals surface area (Å²) < 4.78 is 35.9. The second-order valence-electron chi connectivity index (χ2n) is 7.96. The number of nitrogens with one attached hydrogen (secondary N) is 2. The molecule has 1 aromatic rings. The highest BCUT2D eigenvalue weighted by molar-refractivity contribution is 14.0. The third kappa shape index (κ3) is 4.87. The Balaban J connectivity index is 0.00000280. The van der Waals surface area contributed by atoms with Crippen LogP contribution < -0.4 is 15.4 Å². The summed E-state index contributed by atoms with van der Waals surface area (Å²) in [6.45, 7) is 4.68. The molecule has 1 aliphatic heterocycles. The maximum absolute atomic E-state index is 12.6. The topological polar surface area (TPSA) is 54.9 Å². The molecule has 1 saturated carbocycles. The van der Waals surface area contributed by atoms with Gasteiger partial charge in [-0.2, -0.15) is 8.78 Å². The van der Waals surface area contributed by atoms with Gasteiger partial charge in [-0.05, 0) is 25.8 Å². The van der Waals surface area contributed by atoms with Gasteiger partial charge in [0, 0.05) is 43.1 Å². The van der Waals surface area contributed by atoms with E-state index in [4.69, 9.17) is 4.74 Å². The minimum atomic E-state index is -2.84. The van der Waals surface area contributed by atoms with Crippen LogP contribution in [-0.4, -0.2) is 38.4 Å². The summed E-state index contributed by atoms with van der Waals surface area (Å²) in [5.74, 6) is 1.31. The molecule has 3 rings (SSSR count). The lowest BCUT2D eigenvalue weighted by atomic mass is 9.55. The quantitative estimate of drug-likeness (QED) is 0.357. The molecule has 28 heavy (non-hydrogen) atoms. The van der Waals surface area contributed by atoms with Gasteiger partial charge >= 0.3 is 6.61 Å². The molecule has 2 aliphatic rings. The van der Waals surface area contributed by atoms with Gasteiger partial charge in [0.15, 0.2) is 5.96 Å². The van der Waals surface area contributed by atoms with Crippen molar-refractivity contribution in [2.24, 2.45) is 16.3 Å². The molecule has 1 aliphatic carbocycles. The van der Waals surface area contributed by atoms with Crippen molar-refractivity contribution in [2.45, 2.75) is 58.9 Å². The first-order valence-corrected chi connectivity index (χ1v) is 9.46. The maximum Gasteiger partial charge on any atom is 0.387 e. The molecule has 3 unspecified atom stereocenters. The monoisotopic (exact) mass is 509 g/mol. The average molecular weight is 509 g/mol. The van der Waals surface area contributed by atoms with Gasteiger partial charge in [0.2, 0.25) is 0 Å². The van der Waals surface area contributed by atoms with Crippen LogP contribution in [0.15, 0.2) is 23.2 Å². The Hall–Kier alpha value is -1.16. The molecule has 1 aromatic carbocycles. The Morgan fingerprint density at radius 1 is 1.39 bits per heavy atom. The predicted octanol–water partition coefficient (Wildman–Crippen LogP) is 4.08. The first-order chi connectivity index (χ1) is 12.8. The second-order valence-corrected chi connectivity index (χ2v) is 7.96. The first-order valence-electron chi connectivity index (χ1n) is 9.46. The number of guanidine groups is 1. The normalized spacial score (nSPS) is 26.0. The van der Waals surface area contributed by atoms with Crippen molar-refractivity contribution in [1.82, 2.24) is 10.6 Å². The molecule has 2 N–H and O–H groups in total. The molecule has 3 atom stereocenters. The highest BCUT2D eigenvalue weighted by Gasteiger charge is 2.58. The molecule has 0 amide bonds. The van der Waals surface area contributed by atoms with Crippen LogP contribution in [0, 0.1) is 18.3 Å². The fraction of sp³-hybridized carbons (Fsp3) is 0.650. The zero-order chi connectivity index (χ0) is 19.6. The van der Waals surface area contributed by atoms with E-state index in [0.29, 0.717) is 24.0 Å². The van der Waals surface area contributed by atoms with Gasteiger partial charge < -0.3 is 20.1 Å². The summed E-state index contributed by atoms with van der Waals surface area (Å²) in [5, 5.41) is 6.74. The van der Waals surface area contributed by atoms with Crippen molar-refractivity contribution >= 4 is 29.9 Å². The Morgan fingerprint density at radius 2 is 2.14 bits per heavy atom. The number of halogens is 3. The smallest absolute Gasteiger partial charge is 0.387 e. The Bertz CT molecular complexity index is 700. The lowest BCUT2D eigenvalue weighted by Gasteiger charge is -2.60. The summed E-state index contributed by atoms with van der Waals surface area (Å²) in [6, 6.07) is 5.45. The SMILES string of the molecule is CN=C(NCc1cc(C)ccc1OC(F)F)NC1C2CCCOC2C1(C)C.I. The second kappa shape index (κ2) is 9.56. The maximum atomic E-state index is 12.6. The van der Waals surface area contributed by atoms with Crippen LogP contribution in [0.3, 0.4) is 0 Å². The van der Waals surface area contributed by atoms with Gasteiger partial charge in [0.05, 0.1) is 6.10 Å². The lowest BCUT2D eigenvalue weighted by Crippen LogP contribution is -2.71. The predicted molar refractivity (Wildman–Crippen MR) is 117 cm³/mol. The standard InChI is InChI=1S/C20H29F2N3O2.HI/c1-12-7-8-15(27-18(21)22)13(10-12)11-24-19(23-4)25-16-14-6-5-9-26-17(14)20(16,2)3;/h7-8,10,14,16-18H,5-6,9,11H2,1-4H3,(H2,23,24,25);1H. The molecule has 0 radical (unpaired) electrons. The van der Waals surface area contributed by atoms with E-state index in [9.17, 15) is 8.78 Å². The zero-order valence-corrected chi connectivity index (χ0v) is 19.1. The molecule has 8 heteroatoms. The third-order valence-electron chi connectivity index (χ3n) is 5.73. The molecular formula is C20H30F2IN3O2. The number of benzene rings is 1. The van der Waals surface area contributed by atoms with Crippen LogP contribution in [0.4, 0.5) is 8.78 Å². The number of hydrogen-bond acceptors (Lipinski definition) is 3. The van der Waals surface area contributed by atoms with Gasteiger partial charge in [-0.3, -0.25) is 4.99 Å². The van der Waals surface area contributed by atoms with Crippen molar-refractivity contribution in [3.8, 4) is 5.75 Å². The van der Waals surface area contributed by atoms with Crippen molar-refractivity contribution in [3.63, 3.8) is 0 Å². The highest BCUT2D eigenvalue weighted by Crippen LogP contribution is 2.51. The zero-order valence-electron chi connectivity index (χ0n) is 16.8. The van der Waals surface area contributed by atoms with E-state index in [1.807, 2.05) is 13.0 Å². The number of aliphatic imine (C=N–C) groups is 1. The summed E-state index contributed by atoms with van der Waals surface area (Å²) in [5.41, 5.74) is 1.68. The molecule has 0 bridgehead atoms. The number of hydrogen-bond donors (Lipinski definition) is 2. The van der Waals surface area contributed by atoms with Gasteiger partial charge in [0.25, 0.3) is 0 Å². The summed E-state index contributed by atoms with van der Waals surface area (Å²) in [4.78, 5) is 4.31.